The Kier molecular flexibility index (Phi) is 9.85. The van der Waals surface area contributed by atoms with Gasteiger partial charge in [-0.25, -0.2) is 4.79 Å². The maximum atomic E-state index is 12.9. The molecule has 1 atom stereocenters. The molecule has 0 aliphatic heterocycles. The van der Waals surface area contributed by atoms with Gasteiger partial charge in [0.25, 0.3) is 5.91 Å². The number of ether oxygens (including phenoxy) is 1. The number of nitrogens with one attached hydrogen (secondary N) is 2. The van der Waals surface area contributed by atoms with Crippen molar-refractivity contribution in [2.45, 2.75) is 50.5 Å². The first-order chi connectivity index (χ1) is 18.8. The number of aliphatic carboxylic acids is 1. The first-order valence-electron chi connectivity index (χ1n) is 12.9. The average Bonchev–Trinajstić information content (AvgIpc) is 2.94. The van der Waals surface area contributed by atoms with Crippen molar-refractivity contribution in [3.8, 4) is 5.75 Å². The lowest BCUT2D eigenvalue weighted by atomic mass is 9.83. The van der Waals surface area contributed by atoms with Crippen LogP contribution in [0.3, 0.4) is 0 Å². The van der Waals surface area contributed by atoms with E-state index in [1.165, 1.54) is 49.8 Å². The topological polar surface area (TPSA) is 105 Å². The number of hydrogen-bond acceptors (Lipinski definition) is 4. The Hall–Kier alpha value is -3.55. The normalized spacial score (nSPS) is 14.3. The SMILES string of the molecule is O=C(O)CCNC(=O)c1ccc(C(NC(=O)Oc2ccc(Cl)cc2Cl)c2ccc(C3CCCCC3)cc2)cc1. The van der Waals surface area contributed by atoms with E-state index in [2.05, 4.69) is 22.8 Å². The molecule has 0 spiro atoms. The molecule has 0 heterocycles. The van der Waals surface area contributed by atoms with Gasteiger partial charge in [0, 0.05) is 17.1 Å². The van der Waals surface area contributed by atoms with Crippen LogP contribution in [0.15, 0.2) is 66.7 Å². The molecular weight excluding hydrogens is 539 g/mol. The predicted octanol–water partition coefficient (Wildman–Crippen LogP) is 7.12. The van der Waals surface area contributed by atoms with Gasteiger partial charge >= 0.3 is 12.1 Å². The lowest BCUT2D eigenvalue weighted by Crippen LogP contribution is -2.32. The molecule has 3 aromatic carbocycles. The Morgan fingerprint density at radius 2 is 1.54 bits per heavy atom. The molecule has 0 bridgehead atoms. The van der Waals surface area contributed by atoms with E-state index >= 15 is 0 Å². The van der Waals surface area contributed by atoms with Crippen molar-refractivity contribution in [3.05, 3.63) is 99.0 Å². The van der Waals surface area contributed by atoms with Gasteiger partial charge in [-0.1, -0.05) is 78.9 Å². The minimum atomic E-state index is -0.985. The average molecular weight is 569 g/mol. The van der Waals surface area contributed by atoms with E-state index in [0.29, 0.717) is 16.5 Å². The molecule has 1 saturated carbocycles. The third-order valence-electron chi connectivity index (χ3n) is 6.84. The van der Waals surface area contributed by atoms with Crippen LogP contribution in [0.1, 0.15) is 77.5 Å². The zero-order valence-corrected chi connectivity index (χ0v) is 22.8. The van der Waals surface area contributed by atoms with Crippen LogP contribution in [0, 0.1) is 0 Å². The summed E-state index contributed by atoms with van der Waals surface area (Å²) >= 11 is 12.1. The van der Waals surface area contributed by atoms with Crippen LogP contribution < -0.4 is 15.4 Å². The van der Waals surface area contributed by atoms with Crippen molar-refractivity contribution in [2.24, 2.45) is 0 Å². The molecule has 0 radical (unpaired) electrons. The van der Waals surface area contributed by atoms with E-state index in [1.54, 1.807) is 30.3 Å². The quantitative estimate of drug-likeness (QED) is 0.255. The van der Waals surface area contributed by atoms with Crippen LogP contribution in [-0.2, 0) is 4.79 Å². The molecule has 1 fully saturated rings. The molecule has 1 unspecified atom stereocenters. The minimum absolute atomic E-state index is 0.0343. The zero-order chi connectivity index (χ0) is 27.8. The van der Waals surface area contributed by atoms with Gasteiger partial charge in [0.05, 0.1) is 17.5 Å². The lowest BCUT2D eigenvalue weighted by molar-refractivity contribution is -0.136. The molecule has 1 aliphatic carbocycles. The van der Waals surface area contributed by atoms with E-state index < -0.39 is 18.1 Å². The molecule has 2 amide bonds. The number of halogens is 2. The van der Waals surface area contributed by atoms with Crippen LogP contribution in [-0.4, -0.2) is 29.6 Å². The summed E-state index contributed by atoms with van der Waals surface area (Å²) < 4.78 is 5.47. The molecule has 7 nitrogen and oxygen atoms in total. The number of amides is 2. The Balaban J connectivity index is 1.54. The van der Waals surface area contributed by atoms with Crippen molar-refractivity contribution in [2.75, 3.05) is 6.54 Å². The molecule has 0 aromatic heterocycles. The van der Waals surface area contributed by atoms with Gasteiger partial charge in [-0.05, 0) is 65.8 Å². The van der Waals surface area contributed by atoms with Crippen LogP contribution in [0.25, 0.3) is 0 Å². The fourth-order valence-corrected chi connectivity index (χ4v) is 5.22. The summed E-state index contributed by atoms with van der Waals surface area (Å²) in [6, 6.07) is 19.1. The van der Waals surface area contributed by atoms with Gasteiger partial charge in [-0.3, -0.25) is 9.59 Å². The molecule has 39 heavy (non-hydrogen) atoms. The summed E-state index contributed by atoms with van der Waals surface area (Å²) in [6.07, 6.45) is 5.28. The highest BCUT2D eigenvalue weighted by Gasteiger charge is 2.21. The second kappa shape index (κ2) is 13.5. The Bertz CT molecular complexity index is 1310. The molecule has 204 valence electrons. The number of benzene rings is 3. The van der Waals surface area contributed by atoms with Gasteiger partial charge in [0.2, 0.25) is 0 Å². The molecular formula is C30H30Cl2N2O5. The van der Waals surface area contributed by atoms with Gasteiger partial charge in [-0.2, -0.15) is 0 Å². The molecule has 1 aliphatic rings. The minimum Gasteiger partial charge on any atom is -0.481 e. The van der Waals surface area contributed by atoms with Crippen molar-refractivity contribution >= 4 is 41.2 Å². The molecule has 3 N–H and O–H groups in total. The number of carbonyl (C=O) groups excluding carboxylic acids is 2. The highest BCUT2D eigenvalue weighted by Crippen LogP contribution is 2.34. The van der Waals surface area contributed by atoms with E-state index in [1.807, 2.05) is 12.1 Å². The molecule has 4 rings (SSSR count). The maximum Gasteiger partial charge on any atom is 0.413 e. The molecule has 3 aromatic rings. The Morgan fingerprint density at radius 3 is 2.15 bits per heavy atom. The summed E-state index contributed by atoms with van der Waals surface area (Å²) in [7, 11) is 0. The maximum absolute atomic E-state index is 12.9. The second-order valence-corrected chi connectivity index (χ2v) is 10.4. The fraction of sp³-hybridized carbons (Fsp3) is 0.300. The largest absolute Gasteiger partial charge is 0.481 e. The number of carboxylic acids is 1. The first-order valence-corrected chi connectivity index (χ1v) is 13.7. The van der Waals surface area contributed by atoms with E-state index in [0.717, 1.165) is 11.1 Å². The molecule has 9 heteroatoms. The smallest absolute Gasteiger partial charge is 0.413 e. The van der Waals surface area contributed by atoms with Crippen LogP contribution in [0.2, 0.25) is 10.0 Å². The van der Waals surface area contributed by atoms with Crippen molar-refractivity contribution in [3.63, 3.8) is 0 Å². The van der Waals surface area contributed by atoms with Crippen LogP contribution in [0.5, 0.6) is 5.75 Å². The van der Waals surface area contributed by atoms with Crippen molar-refractivity contribution < 1.29 is 24.2 Å². The third-order valence-corrected chi connectivity index (χ3v) is 7.37. The second-order valence-electron chi connectivity index (χ2n) is 9.56. The summed E-state index contributed by atoms with van der Waals surface area (Å²) in [5.74, 6) is -0.629. The number of rotatable bonds is 9. The first kappa shape index (κ1) is 28.5. The monoisotopic (exact) mass is 568 g/mol. The van der Waals surface area contributed by atoms with Crippen molar-refractivity contribution in [1.29, 1.82) is 0 Å². The van der Waals surface area contributed by atoms with Crippen molar-refractivity contribution in [1.82, 2.24) is 10.6 Å². The zero-order valence-electron chi connectivity index (χ0n) is 21.3. The summed E-state index contributed by atoms with van der Waals surface area (Å²) in [5.41, 5.74) is 3.26. The van der Waals surface area contributed by atoms with E-state index in [-0.39, 0.29) is 29.6 Å². The number of carbonyl (C=O) groups is 3. The summed E-state index contributed by atoms with van der Waals surface area (Å²) in [5, 5.41) is 14.9. The highest BCUT2D eigenvalue weighted by atomic mass is 35.5. The van der Waals surface area contributed by atoms with E-state index in [9.17, 15) is 14.4 Å². The summed E-state index contributed by atoms with van der Waals surface area (Å²) in [6.45, 7) is 0.0343. The van der Waals surface area contributed by atoms with Gasteiger partial charge in [-0.15, -0.1) is 0 Å². The Morgan fingerprint density at radius 1 is 0.897 bits per heavy atom. The lowest BCUT2D eigenvalue weighted by Gasteiger charge is -2.24. The third kappa shape index (κ3) is 7.97. The van der Waals surface area contributed by atoms with E-state index in [4.69, 9.17) is 33.0 Å². The molecule has 0 saturated heterocycles. The van der Waals surface area contributed by atoms with Gasteiger partial charge in [0.1, 0.15) is 0 Å². The summed E-state index contributed by atoms with van der Waals surface area (Å²) in [4.78, 5) is 36.0. The van der Waals surface area contributed by atoms with Crippen LogP contribution >= 0.6 is 23.2 Å². The number of hydrogen-bond donors (Lipinski definition) is 3. The Labute approximate surface area is 237 Å². The number of carboxylic acid groups (broad SMARTS) is 1. The fourth-order valence-electron chi connectivity index (χ4n) is 4.77. The van der Waals surface area contributed by atoms with Gasteiger partial charge < -0.3 is 20.5 Å². The van der Waals surface area contributed by atoms with Gasteiger partial charge in [0.15, 0.2) is 5.75 Å². The highest BCUT2D eigenvalue weighted by molar-refractivity contribution is 6.35. The standard InChI is InChI=1S/C30H30Cl2N2O5/c31-24-14-15-26(25(32)18-24)39-30(38)34-28(21-8-6-20(7-9-21)19-4-2-1-3-5-19)22-10-12-23(13-11-22)29(37)33-17-16-27(35)36/h6-15,18-19,28H,1-5,16-17H2,(H,33,37)(H,34,38)(H,35,36). The van der Waals surface area contributed by atoms with Crippen LogP contribution in [0.4, 0.5) is 4.79 Å². The predicted molar refractivity (Wildman–Crippen MR) is 151 cm³/mol.